The van der Waals surface area contributed by atoms with Crippen molar-refractivity contribution in [2.45, 2.75) is 32.5 Å². The summed E-state index contributed by atoms with van der Waals surface area (Å²) in [7, 11) is -2.87. The van der Waals surface area contributed by atoms with Crippen LogP contribution in [0.15, 0.2) is 0 Å². The summed E-state index contributed by atoms with van der Waals surface area (Å²) in [6, 6.07) is 0. The van der Waals surface area contributed by atoms with Crippen molar-refractivity contribution in [3.8, 4) is 0 Å². The molecule has 2 aliphatic rings. The van der Waals surface area contributed by atoms with E-state index in [1.807, 2.05) is 13.8 Å². The molecule has 118 valence electrons. The smallest absolute Gasteiger partial charge is 0.168 e. The lowest BCUT2D eigenvalue weighted by atomic mass is 9.89. The highest BCUT2D eigenvalue weighted by molar-refractivity contribution is 7.90. The Morgan fingerprint density at radius 2 is 1.80 bits per heavy atom. The zero-order chi connectivity index (χ0) is 14.8. The van der Waals surface area contributed by atoms with Crippen molar-refractivity contribution in [3.05, 3.63) is 0 Å². The van der Waals surface area contributed by atoms with Gasteiger partial charge < -0.3 is 14.4 Å². The molecule has 2 rings (SSSR count). The van der Waals surface area contributed by atoms with Gasteiger partial charge in [-0.15, -0.1) is 0 Å². The standard InChI is InChI=1S/C14H27NO4S/c1-12(11-20(3,16)17)10-15-6-4-13(5-7-15)14(2)18-8-9-19-14/h12-13H,4-11H2,1-3H3/t12-/m1/s1. The Kier molecular flexibility index (Phi) is 5.10. The van der Waals surface area contributed by atoms with E-state index in [1.54, 1.807) is 0 Å². The molecular formula is C14H27NO4S. The molecule has 2 fully saturated rings. The summed E-state index contributed by atoms with van der Waals surface area (Å²) in [5, 5.41) is 0. The highest BCUT2D eigenvalue weighted by atomic mass is 32.2. The van der Waals surface area contributed by atoms with Gasteiger partial charge in [0.25, 0.3) is 0 Å². The van der Waals surface area contributed by atoms with Crippen LogP contribution in [0.2, 0.25) is 0 Å². The van der Waals surface area contributed by atoms with Crippen molar-refractivity contribution >= 4 is 9.84 Å². The monoisotopic (exact) mass is 305 g/mol. The first kappa shape index (κ1) is 16.2. The van der Waals surface area contributed by atoms with Gasteiger partial charge >= 0.3 is 0 Å². The molecule has 2 saturated heterocycles. The lowest BCUT2D eigenvalue weighted by Gasteiger charge is -2.39. The Morgan fingerprint density at radius 1 is 1.25 bits per heavy atom. The van der Waals surface area contributed by atoms with Crippen LogP contribution < -0.4 is 0 Å². The average molecular weight is 305 g/mol. The maximum Gasteiger partial charge on any atom is 0.168 e. The Hall–Kier alpha value is -0.170. The Labute approximate surface area is 122 Å². The Balaban J connectivity index is 1.77. The molecule has 0 unspecified atom stereocenters. The lowest BCUT2D eigenvalue weighted by molar-refractivity contribution is -0.190. The molecule has 20 heavy (non-hydrogen) atoms. The fourth-order valence-electron chi connectivity index (χ4n) is 3.42. The molecule has 0 saturated carbocycles. The molecule has 2 aliphatic heterocycles. The van der Waals surface area contributed by atoms with Crippen LogP contribution in [-0.4, -0.2) is 64.0 Å². The van der Waals surface area contributed by atoms with Gasteiger partial charge in [0.1, 0.15) is 9.84 Å². The first-order valence-electron chi connectivity index (χ1n) is 7.46. The summed E-state index contributed by atoms with van der Waals surface area (Å²) < 4.78 is 34.1. The predicted molar refractivity (Wildman–Crippen MR) is 78.3 cm³/mol. The van der Waals surface area contributed by atoms with E-state index in [0.29, 0.717) is 19.1 Å². The number of nitrogens with zero attached hydrogens (tertiary/aromatic N) is 1. The second kappa shape index (κ2) is 6.30. The van der Waals surface area contributed by atoms with Crippen LogP contribution in [0.5, 0.6) is 0 Å². The van der Waals surface area contributed by atoms with E-state index >= 15 is 0 Å². The van der Waals surface area contributed by atoms with E-state index in [4.69, 9.17) is 9.47 Å². The largest absolute Gasteiger partial charge is 0.348 e. The van der Waals surface area contributed by atoms with Crippen LogP contribution in [0.4, 0.5) is 0 Å². The molecule has 0 amide bonds. The fourth-order valence-corrected chi connectivity index (χ4v) is 4.56. The molecule has 6 heteroatoms. The molecule has 0 spiro atoms. The molecule has 0 aromatic heterocycles. The van der Waals surface area contributed by atoms with Gasteiger partial charge in [-0.1, -0.05) is 6.92 Å². The molecule has 0 aromatic rings. The quantitative estimate of drug-likeness (QED) is 0.762. The molecule has 1 atom stereocenters. The average Bonchev–Trinajstić information content (AvgIpc) is 2.75. The molecule has 0 radical (unpaired) electrons. The Bertz CT molecular complexity index is 409. The summed E-state index contributed by atoms with van der Waals surface area (Å²) in [5.41, 5.74) is 0. The SMILES string of the molecule is C[C@H](CN1CCC(C2(C)OCCO2)CC1)CS(C)(=O)=O. The number of piperidine rings is 1. The molecule has 0 N–H and O–H groups in total. The van der Waals surface area contributed by atoms with Gasteiger partial charge in [-0.25, -0.2) is 8.42 Å². The summed E-state index contributed by atoms with van der Waals surface area (Å²) >= 11 is 0. The normalized spacial score (nSPS) is 26.8. The number of hydrogen-bond acceptors (Lipinski definition) is 5. The second-order valence-corrected chi connectivity index (χ2v) is 8.67. The van der Waals surface area contributed by atoms with Crippen molar-refractivity contribution in [3.63, 3.8) is 0 Å². The summed E-state index contributed by atoms with van der Waals surface area (Å²) in [5.74, 6) is 0.518. The van der Waals surface area contributed by atoms with Crippen molar-refractivity contribution in [1.82, 2.24) is 4.90 Å². The third-order valence-electron chi connectivity index (χ3n) is 4.35. The summed E-state index contributed by atoms with van der Waals surface area (Å²) in [6.07, 6.45) is 3.43. The minimum absolute atomic E-state index is 0.191. The van der Waals surface area contributed by atoms with Gasteiger partial charge in [-0.2, -0.15) is 0 Å². The van der Waals surface area contributed by atoms with Crippen LogP contribution in [0, 0.1) is 11.8 Å². The highest BCUT2D eigenvalue weighted by Crippen LogP contribution is 2.35. The topological polar surface area (TPSA) is 55.8 Å². The van der Waals surface area contributed by atoms with E-state index in [-0.39, 0.29) is 11.7 Å². The van der Waals surface area contributed by atoms with Crippen molar-refractivity contribution in [2.24, 2.45) is 11.8 Å². The highest BCUT2D eigenvalue weighted by Gasteiger charge is 2.41. The lowest BCUT2D eigenvalue weighted by Crippen LogP contribution is -2.45. The van der Waals surface area contributed by atoms with E-state index < -0.39 is 15.6 Å². The molecule has 5 nitrogen and oxygen atoms in total. The number of rotatable bonds is 5. The fraction of sp³-hybridized carbons (Fsp3) is 1.00. The van der Waals surface area contributed by atoms with Crippen molar-refractivity contribution in [2.75, 3.05) is 44.9 Å². The molecule has 2 heterocycles. The molecular weight excluding hydrogens is 278 g/mol. The van der Waals surface area contributed by atoms with Crippen LogP contribution in [0.25, 0.3) is 0 Å². The molecule has 0 aromatic carbocycles. The minimum atomic E-state index is -2.87. The number of hydrogen-bond donors (Lipinski definition) is 0. The summed E-state index contributed by atoms with van der Waals surface area (Å²) in [4.78, 5) is 2.37. The first-order chi connectivity index (χ1) is 9.28. The van der Waals surface area contributed by atoms with E-state index in [0.717, 1.165) is 32.5 Å². The number of likely N-dealkylation sites (tertiary alicyclic amines) is 1. The van der Waals surface area contributed by atoms with Crippen LogP contribution in [-0.2, 0) is 19.3 Å². The van der Waals surface area contributed by atoms with Gasteiger partial charge in [0.2, 0.25) is 0 Å². The minimum Gasteiger partial charge on any atom is -0.348 e. The van der Waals surface area contributed by atoms with Crippen LogP contribution >= 0.6 is 0 Å². The Morgan fingerprint density at radius 3 is 2.30 bits per heavy atom. The van der Waals surface area contributed by atoms with E-state index in [2.05, 4.69) is 4.90 Å². The third-order valence-corrected chi connectivity index (χ3v) is 5.52. The third kappa shape index (κ3) is 4.41. The van der Waals surface area contributed by atoms with Gasteiger partial charge in [0.15, 0.2) is 5.79 Å². The van der Waals surface area contributed by atoms with Crippen LogP contribution in [0.1, 0.15) is 26.7 Å². The van der Waals surface area contributed by atoms with Gasteiger partial charge in [-0.05, 0) is 38.8 Å². The van der Waals surface area contributed by atoms with E-state index in [1.165, 1.54) is 6.26 Å². The first-order valence-corrected chi connectivity index (χ1v) is 9.52. The van der Waals surface area contributed by atoms with E-state index in [9.17, 15) is 8.42 Å². The zero-order valence-electron chi connectivity index (χ0n) is 12.8. The summed E-state index contributed by atoms with van der Waals surface area (Å²) in [6.45, 7) is 8.31. The van der Waals surface area contributed by atoms with Gasteiger partial charge in [0.05, 0.1) is 19.0 Å². The number of ether oxygens (including phenoxy) is 2. The van der Waals surface area contributed by atoms with Crippen molar-refractivity contribution in [1.29, 1.82) is 0 Å². The van der Waals surface area contributed by atoms with Gasteiger partial charge in [0, 0.05) is 18.7 Å². The van der Waals surface area contributed by atoms with Gasteiger partial charge in [-0.3, -0.25) is 0 Å². The molecule has 0 aliphatic carbocycles. The second-order valence-electron chi connectivity index (χ2n) is 6.49. The maximum atomic E-state index is 11.3. The zero-order valence-corrected chi connectivity index (χ0v) is 13.6. The number of sulfone groups is 1. The van der Waals surface area contributed by atoms with Crippen LogP contribution in [0.3, 0.4) is 0 Å². The maximum absolute atomic E-state index is 11.3. The molecule has 0 bridgehead atoms. The predicted octanol–water partition coefficient (Wildman–Crippen LogP) is 1.14. The van der Waals surface area contributed by atoms with Crippen molar-refractivity contribution < 1.29 is 17.9 Å².